The molecular formula is C27H29ClF2N2O. The van der Waals surface area contributed by atoms with E-state index in [1.807, 2.05) is 24.3 Å². The van der Waals surface area contributed by atoms with Crippen molar-refractivity contribution >= 4 is 11.6 Å². The Bertz CT molecular complexity index is 1020. The molecule has 1 aliphatic rings. The first-order valence-electron chi connectivity index (χ1n) is 11.4. The van der Waals surface area contributed by atoms with Crippen LogP contribution in [0.4, 0.5) is 8.78 Å². The topological polar surface area (TPSA) is 15.7 Å². The van der Waals surface area contributed by atoms with Gasteiger partial charge in [0.05, 0.1) is 6.61 Å². The second-order valence-corrected chi connectivity index (χ2v) is 8.88. The van der Waals surface area contributed by atoms with E-state index in [1.165, 1.54) is 17.7 Å². The van der Waals surface area contributed by atoms with Crippen LogP contribution in [0.2, 0.25) is 5.02 Å². The van der Waals surface area contributed by atoms with Crippen LogP contribution in [0, 0.1) is 11.6 Å². The Labute approximate surface area is 199 Å². The largest absolute Gasteiger partial charge is 0.494 e. The summed E-state index contributed by atoms with van der Waals surface area (Å²) in [5, 5.41) is 0.782. The van der Waals surface area contributed by atoms with E-state index in [-0.39, 0.29) is 0 Å². The quantitative estimate of drug-likeness (QED) is 0.343. The molecule has 1 heterocycles. The van der Waals surface area contributed by atoms with Crippen molar-refractivity contribution in [3.05, 3.63) is 89.0 Å². The van der Waals surface area contributed by atoms with Crippen LogP contribution < -0.4 is 4.74 Å². The van der Waals surface area contributed by atoms with Gasteiger partial charge in [0.1, 0.15) is 17.4 Å². The highest BCUT2D eigenvalue weighted by atomic mass is 35.5. The van der Waals surface area contributed by atoms with Gasteiger partial charge >= 0.3 is 0 Å². The van der Waals surface area contributed by atoms with E-state index in [2.05, 4.69) is 21.9 Å². The average molecular weight is 471 g/mol. The second-order valence-electron chi connectivity index (χ2n) is 8.45. The van der Waals surface area contributed by atoms with Crippen molar-refractivity contribution in [2.75, 3.05) is 39.3 Å². The zero-order chi connectivity index (χ0) is 23.0. The van der Waals surface area contributed by atoms with E-state index in [9.17, 15) is 8.78 Å². The third kappa shape index (κ3) is 7.00. The monoisotopic (exact) mass is 470 g/mol. The van der Waals surface area contributed by atoms with Gasteiger partial charge in [-0.2, -0.15) is 0 Å². The van der Waals surface area contributed by atoms with Crippen molar-refractivity contribution in [2.24, 2.45) is 0 Å². The molecule has 6 heteroatoms. The smallest absolute Gasteiger partial charge is 0.133 e. The predicted octanol–water partition coefficient (Wildman–Crippen LogP) is 6.26. The summed E-state index contributed by atoms with van der Waals surface area (Å²) in [7, 11) is 0. The molecule has 0 unspecified atom stereocenters. The molecule has 0 atom stereocenters. The van der Waals surface area contributed by atoms with Crippen molar-refractivity contribution < 1.29 is 13.5 Å². The van der Waals surface area contributed by atoms with Crippen LogP contribution in [0.15, 0.2) is 66.7 Å². The average Bonchev–Trinajstić information content (AvgIpc) is 2.82. The Morgan fingerprint density at radius 2 is 1.48 bits per heavy atom. The number of hydrogen-bond acceptors (Lipinski definition) is 3. The predicted molar refractivity (Wildman–Crippen MR) is 130 cm³/mol. The molecule has 0 bridgehead atoms. The number of benzene rings is 3. The maximum absolute atomic E-state index is 13.9. The second kappa shape index (κ2) is 11.6. The molecule has 0 amide bonds. The molecule has 1 aliphatic heterocycles. The van der Waals surface area contributed by atoms with Crippen LogP contribution in [0.3, 0.4) is 0 Å². The molecule has 0 aliphatic carbocycles. The summed E-state index contributed by atoms with van der Waals surface area (Å²) in [6.45, 7) is 7.07. The van der Waals surface area contributed by atoms with Crippen molar-refractivity contribution in [2.45, 2.75) is 19.4 Å². The summed E-state index contributed by atoms with van der Waals surface area (Å²) in [6.07, 6.45) is 2.08. The number of halogens is 3. The maximum Gasteiger partial charge on any atom is 0.133 e. The fraction of sp³-hybridized carbons (Fsp3) is 0.333. The first kappa shape index (κ1) is 23.7. The number of rotatable bonds is 9. The minimum atomic E-state index is -0.573. The van der Waals surface area contributed by atoms with E-state index in [4.69, 9.17) is 16.3 Å². The molecule has 3 aromatic rings. The zero-order valence-electron chi connectivity index (χ0n) is 18.7. The highest BCUT2D eigenvalue weighted by molar-refractivity contribution is 6.30. The van der Waals surface area contributed by atoms with E-state index in [0.717, 1.165) is 68.9 Å². The maximum atomic E-state index is 13.9. The molecule has 1 saturated heterocycles. The Morgan fingerprint density at radius 1 is 0.788 bits per heavy atom. The number of unbranched alkanes of at least 4 members (excludes halogenated alkanes) is 1. The van der Waals surface area contributed by atoms with Gasteiger partial charge in [-0.25, -0.2) is 8.78 Å². The first-order chi connectivity index (χ1) is 16.1. The van der Waals surface area contributed by atoms with Gasteiger partial charge in [0.25, 0.3) is 0 Å². The molecule has 33 heavy (non-hydrogen) atoms. The van der Waals surface area contributed by atoms with Gasteiger partial charge in [0.2, 0.25) is 0 Å². The number of ether oxygens (including phenoxy) is 1. The molecule has 1 fully saturated rings. The van der Waals surface area contributed by atoms with Crippen LogP contribution in [-0.2, 0) is 6.54 Å². The van der Waals surface area contributed by atoms with Gasteiger partial charge in [-0.15, -0.1) is 0 Å². The molecular weight excluding hydrogens is 442 g/mol. The van der Waals surface area contributed by atoms with Crippen LogP contribution in [0.5, 0.6) is 5.75 Å². The number of piperazine rings is 1. The van der Waals surface area contributed by atoms with Crippen LogP contribution in [0.25, 0.3) is 11.1 Å². The van der Waals surface area contributed by atoms with Crippen LogP contribution >= 0.6 is 11.6 Å². The lowest BCUT2D eigenvalue weighted by Gasteiger charge is -2.34. The molecule has 0 spiro atoms. The van der Waals surface area contributed by atoms with E-state index < -0.39 is 11.6 Å². The third-order valence-corrected chi connectivity index (χ3v) is 6.27. The van der Waals surface area contributed by atoms with E-state index >= 15 is 0 Å². The lowest BCUT2D eigenvalue weighted by atomic mass is 10.1. The SMILES string of the molecule is Fc1ccc(-c2ccc(OCCCCN3CCN(Cc4ccc(Cl)cc4)CC3)cc2)c(F)c1. The molecule has 0 radical (unpaired) electrons. The minimum Gasteiger partial charge on any atom is -0.494 e. The molecule has 4 rings (SSSR count). The van der Waals surface area contributed by atoms with Gasteiger partial charge in [-0.3, -0.25) is 4.90 Å². The molecule has 174 valence electrons. The highest BCUT2D eigenvalue weighted by Gasteiger charge is 2.16. The van der Waals surface area contributed by atoms with Crippen molar-refractivity contribution in [3.63, 3.8) is 0 Å². The molecule has 0 saturated carbocycles. The summed E-state index contributed by atoms with van der Waals surface area (Å²) < 4.78 is 32.9. The highest BCUT2D eigenvalue weighted by Crippen LogP contribution is 2.25. The van der Waals surface area contributed by atoms with Gasteiger partial charge in [-0.05, 0) is 66.9 Å². The summed E-state index contributed by atoms with van der Waals surface area (Å²) in [6, 6.07) is 19.0. The van der Waals surface area contributed by atoms with E-state index in [1.54, 1.807) is 12.1 Å². The van der Waals surface area contributed by atoms with Crippen LogP contribution in [0.1, 0.15) is 18.4 Å². The Morgan fingerprint density at radius 3 is 2.18 bits per heavy atom. The van der Waals surface area contributed by atoms with Crippen molar-refractivity contribution in [3.8, 4) is 16.9 Å². The lowest BCUT2D eigenvalue weighted by Crippen LogP contribution is -2.46. The summed E-state index contributed by atoms with van der Waals surface area (Å²) in [5.74, 6) is -0.373. The summed E-state index contributed by atoms with van der Waals surface area (Å²) >= 11 is 5.97. The number of nitrogens with zero attached hydrogens (tertiary/aromatic N) is 2. The summed E-state index contributed by atoms with van der Waals surface area (Å²) in [5.41, 5.74) is 2.40. The molecule has 3 nitrogen and oxygen atoms in total. The third-order valence-electron chi connectivity index (χ3n) is 6.02. The minimum absolute atomic E-state index is 0.385. The lowest BCUT2D eigenvalue weighted by molar-refractivity contribution is 0.124. The standard InChI is InChI=1S/C27H29ClF2N2O/c28-23-7-3-21(4-8-23)20-32-16-14-31(15-17-32)13-1-2-18-33-25-10-5-22(6-11-25)26-12-9-24(29)19-27(26)30/h3-12,19H,1-2,13-18,20H2. The van der Waals surface area contributed by atoms with Gasteiger partial charge < -0.3 is 9.64 Å². The first-order valence-corrected chi connectivity index (χ1v) is 11.8. The van der Waals surface area contributed by atoms with Gasteiger partial charge in [0, 0.05) is 49.4 Å². The van der Waals surface area contributed by atoms with Gasteiger partial charge in [-0.1, -0.05) is 35.9 Å². The molecule has 3 aromatic carbocycles. The van der Waals surface area contributed by atoms with Crippen molar-refractivity contribution in [1.82, 2.24) is 9.80 Å². The van der Waals surface area contributed by atoms with Crippen LogP contribution in [-0.4, -0.2) is 49.1 Å². The number of hydrogen-bond donors (Lipinski definition) is 0. The Kier molecular flexibility index (Phi) is 8.32. The van der Waals surface area contributed by atoms with E-state index in [0.29, 0.717) is 17.7 Å². The molecule has 0 aromatic heterocycles. The summed E-state index contributed by atoms with van der Waals surface area (Å²) in [4.78, 5) is 5.01. The normalized spacial score (nSPS) is 15.0. The Balaban J connectivity index is 1.12. The fourth-order valence-electron chi connectivity index (χ4n) is 4.10. The van der Waals surface area contributed by atoms with Gasteiger partial charge in [0.15, 0.2) is 0 Å². The molecule has 0 N–H and O–H groups in total. The van der Waals surface area contributed by atoms with Crippen molar-refractivity contribution in [1.29, 1.82) is 0 Å². The zero-order valence-corrected chi connectivity index (χ0v) is 19.4. The Hall–Kier alpha value is -2.47. The fourth-order valence-corrected chi connectivity index (χ4v) is 4.23.